The van der Waals surface area contributed by atoms with Gasteiger partial charge in [0.15, 0.2) is 0 Å². The number of H-pyrrole nitrogens is 1. The Hall–Kier alpha value is -5.23. The van der Waals surface area contributed by atoms with Crippen LogP contribution in [0.25, 0.3) is 10.8 Å². The number of benzene rings is 2. The molecule has 0 spiro atoms. The topological polar surface area (TPSA) is 136 Å². The molecule has 5 aromatic rings. The first-order valence-corrected chi connectivity index (χ1v) is 13.9. The van der Waals surface area contributed by atoms with Crippen LogP contribution >= 0.6 is 11.6 Å². The number of carbonyl (C=O) groups is 1. The molecular formula is C31H32ClN7O5. The summed E-state index contributed by atoms with van der Waals surface area (Å²) in [6, 6.07) is 14.3. The van der Waals surface area contributed by atoms with Gasteiger partial charge in [0.1, 0.15) is 39.8 Å². The molecule has 13 heteroatoms. The van der Waals surface area contributed by atoms with Crippen LogP contribution in [0, 0.1) is 6.92 Å². The number of aromatic amines is 1. The smallest absolute Gasteiger partial charge is 0.324 e. The van der Waals surface area contributed by atoms with Crippen LogP contribution in [-0.2, 0) is 13.1 Å². The molecule has 0 saturated carbocycles. The van der Waals surface area contributed by atoms with Crippen LogP contribution in [0.4, 0.5) is 22.1 Å². The maximum atomic E-state index is 12.6. The summed E-state index contributed by atoms with van der Waals surface area (Å²) in [7, 11) is 6.45. The van der Waals surface area contributed by atoms with Gasteiger partial charge in [-0.3, -0.25) is 10.4 Å². The fourth-order valence-corrected chi connectivity index (χ4v) is 4.93. The lowest BCUT2D eigenvalue weighted by Crippen LogP contribution is -2.24. The molecule has 44 heavy (non-hydrogen) atoms. The molecule has 0 bridgehead atoms. The van der Waals surface area contributed by atoms with Crippen molar-refractivity contribution in [3.63, 3.8) is 0 Å². The quantitative estimate of drug-likeness (QED) is 0.148. The molecule has 0 atom stereocenters. The highest BCUT2D eigenvalue weighted by molar-refractivity contribution is 6.30. The van der Waals surface area contributed by atoms with Gasteiger partial charge in [-0.1, -0.05) is 11.6 Å². The van der Waals surface area contributed by atoms with Gasteiger partial charge in [0, 0.05) is 47.9 Å². The number of nitrogens with one attached hydrogen (secondary N) is 3. The highest BCUT2D eigenvalue weighted by Crippen LogP contribution is 2.35. The van der Waals surface area contributed by atoms with E-state index in [4.69, 9.17) is 35.5 Å². The lowest BCUT2D eigenvalue weighted by Gasteiger charge is -2.27. The summed E-state index contributed by atoms with van der Waals surface area (Å²) in [6.45, 7) is 2.61. The fraction of sp³-hybridized carbons (Fsp3) is 0.226. The molecule has 2 aromatic carbocycles. The molecule has 0 saturated heterocycles. The second-order valence-electron chi connectivity index (χ2n) is 9.76. The highest BCUT2D eigenvalue weighted by Gasteiger charge is 2.20. The highest BCUT2D eigenvalue weighted by atomic mass is 35.5. The van der Waals surface area contributed by atoms with Crippen molar-refractivity contribution < 1.29 is 23.7 Å². The minimum Gasteiger partial charge on any atom is -0.497 e. The van der Waals surface area contributed by atoms with Crippen LogP contribution in [0.5, 0.6) is 23.0 Å². The number of ether oxygens (including phenoxy) is 4. The molecule has 0 fully saturated rings. The Bertz CT molecular complexity index is 1740. The lowest BCUT2D eigenvalue weighted by molar-refractivity contribution is 0.262. The van der Waals surface area contributed by atoms with Gasteiger partial charge in [-0.05, 0) is 48.7 Å². The average molecular weight is 618 g/mol. The number of pyridine rings is 2. The standard InChI is InChI=1S/C31H32ClN7O5/c1-18-25(15-34-38-18)35-31(40)37-29-11-21-10-28(32)36-30(24(21)14-33-29)39(16-19-6-8-22(41-2)12-26(19)43-4)17-20-7-9-23(42-3)13-27(20)44-5/h6-15H,16-17H2,1-5H3,(H,34,38)(H2,33,35,37,40). The van der Waals surface area contributed by atoms with Crippen LogP contribution in [-0.4, -0.2) is 54.6 Å². The molecule has 0 aliphatic carbocycles. The van der Waals surface area contributed by atoms with Crippen LogP contribution in [0.3, 0.4) is 0 Å². The summed E-state index contributed by atoms with van der Waals surface area (Å²) in [5.41, 5.74) is 3.09. The van der Waals surface area contributed by atoms with E-state index < -0.39 is 6.03 Å². The Morgan fingerprint density at radius 1 is 0.864 bits per heavy atom. The largest absolute Gasteiger partial charge is 0.497 e. The van der Waals surface area contributed by atoms with Gasteiger partial charge in [-0.15, -0.1) is 0 Å². The van der Waals surface area contributed by atoms with E-state index in [1.54, 1.807) is 46.8 Å². The Balaban J connectivity index is 1.54. The lowest BCUT2D eigenvalue weighted by atomic mass is 10.1. The summed E-state index contributed by atoms with van der Waals surface area (Å²) < 4.78 is 22.2. The van der Waals surface area contributed by atoms with E-state index in [0.717, 1.165) is 27.6 Å². The van der Waals surface area contributed by atoms with Gasteiger partial charge in [0.25, 0.3) is 0 Å². The van der Waals surface area contributed by atoms with Gasteiger partial charge in [-0.25, -0.2) is 14.8 Å². The Kier molecular flexibility index (Phi) is 9.20. The number of aryl methyl sites for hydroxylation is 1. The van der Waals surface area contributed by atoms with Crippen molar-refractivity contribution in [3.05, 3.63) is 82.9 Å². The van der Waals surface area contributed by atoms with Crippen LogP contribution in [0.1, 0.15) is 16.8 Å². The Morgan fingerprint density at radius 2 is 1.50 bits per heavy atom. The summed E-state index contributed by atoms with van der Waals surface area (Å²) in [6.07, 6.45) is 3.20. The number of aromatic nitrogens is 4. The third kappa shape index (κ3) is 6.70. The molecule has 0 aliphatic rings. The second kappa shape index (κ2) is 13.4. The van der Waals surface area contributed by atoms with Crippen molar-refractivity contribution in [1.29, 1.82) is 0 Å². The molecule has 0 aliphatic heterocycles. The number of amides is 2. The third-order valence-electron chi connectivity index (χ3n) is 6.99. The number of nitrogens with zero attached hydrogens (tertiary/aromatic N) is 4. The van der Waals surface area contributed by atoms with Gasteiger partial charge < -0.3 is 29.2 Å². The minimum absolute atomic E-state index is 0.275. The second-order valence-corrected chi connectivity index (χ2v) is 10.1. The number of hydrogen-bond acceptors (Lipinski definition) is 9. The van der Waals surface area contributed by atoms with E-state index in [9.17, 15) is 4.79 Å². The molecular weight excluding hydrogens is 586 g/mol. The predicted molar refractivity (Wildman–Crippen MR) is 169 cm³/mol. The van der Waals surface area contributed by atoms with E-state index in [0.29, 0.717) is 53.4 Å². The number of anilines is 3. The Morgan fingerprint density at radius 3 is 2.05 bits per heavy atom. The summed E-state index contributed by atoms with van der Waals surface area (Å²) >= 11 is 6.59. The minimum atomic E-state index is -0.457. The van der Waals surface area contributed by atoms with Gasteiger partial charge in [-0.2, -0.15) is 5.10 Å². The zero-order chi connectivity index (χ0) is 31.2. The third-order valence-corrected chi connectivity index (χ3v) is 7.19. The van der Waals surface area contributed by atoms with E-state index in [2.05, 4.69) is 30.7 Å². The van der Waals surface area contributed by atoms with Crippen LogP contribution < -0.4 is 34.5 Å². The molecule has 0 radical (unpaired) electrons. The zero-order valence-electron chi connectivity index (χ0n) is 24.9. The first kappa shape index (κ1) is 30.2. The van der Waals surface area contributed by atoms with Crippen LogP contribution in [0.2, 0.25) is 5.15 Å². The molecule has 3 heterocycles. The molecule has 0 unspecified atom stereocenters. The molecule has 2 amide bonds. The molecule has 5 rings (SSSR count). The van der Waals surface area contributed by atoms with Crippen LogP contribution in [0.15, 0.2) is 60.9 Å². The van der Waals surface area contributed by atoms with Crippen molar-refractivity contribution in [3.8, 4) is 23.0 Å². The number of methoxy groups -OCH3 is 4. The first-order valence-electron chi connectivity index (χ1n) is 13.5. The number of hydrogen-bond donors (Lipinski definition) is 3. The van der Waals surface area contributed by atoms with Crippen molar-refractivity contribution in [2.75, 3.05) is 44.0 Å². The van der Waals surface area contributed by atoms with E-state index in [-0.39, 0.29) is 5.15 Å². The summed E-state index contributed by atoms with van der Waals surface area (Å²) in [5.74, 6) is 3.59. The molecule has 3 aromatic heterocycles. The predicted octanol–water partition coefficient (Wildman–Crippen LogP) is 6.20. The molecule has 228 valence electrons. The summed E-state index contributed by atoms with van der Waals surface area (Å²) in [5, 5.41) is 14.0. The summed E-state index contributed by atoms with van der Waals surface area (Å²) in [4.78, 5) is 23.9. The maximum absolute atomic E-state index is 12.6. The monoisotopic (exact) mass is 617 g/mol. The van der Waals surface area contributed by atoms with Gasteiger partial charge >= 0.3 is 6.03 Å². The van der Waals surface area contributed by atoms with Crippen molar-refractivity contribution in [2.45, 2.75) is 20.0 Å². The van der Waals surface area contributed by atoms with E-state index >= 15 is 0 Å². The Labute approximate surface area is 259 Å². The maximum Gasteiger partial charge on any atom is 0.324 e. The molecule has 3 N–H and O–H groups in total. The SMILES string of the molecule is COc1ccc(CN(Cc2ccc(OC)cc2OC)c2nc(Cl)cc3cc(NC(=O)Nc4cn[nH]c4C)ncc23)c(OC)c1. The first-order chi connectivity index (χ1) is 21.3. The normalized spacial score (nSPS) is 10.8. The van der Waals surface area contributed by atoms with Gasteiger partial charge in [0.05, 0.1) is 46.0 Å². The molecule has 12 nitrogen and oxygen atoms in total. The van der Waals surface area contributed by atoms with E-state index in [1.165, 1.54) is 6.20 Å². The number of rotatable bonds is 11. The average Bonchev–Trinajstić information content (AvgIpc) is 3.43. The van der Waals surface area contributed by atoms with Crippen molar-refractivity contribution in [2.24, 2.45) is 0 Å². The van der Waals surface area contributed by atoms with E-state index in [1.807, 2.05) is 43.3 Å². The fourth-order valence-electron chi connectivity index (χ4n) is 4.74. The zero-order valence-corrected chi connectivity index (χ0v) is 25.7. The van der Waals surface area contributed by atoms with Gasteiger partial charge in [0.2, 0.25) is 0 Å². The van der Waals surface area contributed by atoms with Crippen molar-refractivity contribution in [1.82, 2.24) is 20.2 Å². The number of halogens is 1. The number of carbonyl (C=O) groups excluding carboxylic acids is 1. The number of fused-ring (bicyclic) bond motifs is 1. The number of urea groups is 1. The van der Waals surface area contributed by atoms with Crippen molar-refractivity contribution >= 4 is 45.7 Å².